The number of hydrogen-bond acceptors (Lipinski definition) is 11. The van der Waals surface area contributed by atoms with Crippen LogP contribution in [0, 0.1) is 0 Å². The van der Waals surface area contributed by atoms with Crippen LogP contribution >= 0.6 is 0 Å². The second-order valence-electron chi connectivity index (χ2n) is 6.68. The third-order valence-electron chi connectivity index (χ3n) is 4.39. The molecule has 0 saturated carbocycles. The monoisotopic (exact) mass is 421 g/mol. The van der Waals surface area contributed by atoms with Gasteiger partial charge in [0.15, 0.2) is 0 Å². The van der Waals surface area contributed by atoms with Crippen molar-refractivity contribution < 1.29 is 39.8 Å². The summed E-state index contributed by atoms with van der Waals surface area (Å²) in [4.78, 5) is 11.1. The zero-order valence-corrected chi connectivity index (χ0v) is 16.1. The predicted molar refractivity (Wildman–Crippen MR) is 98.4 cm³/mol. The van der Waals surface area contributed by atoms with Gasteiger partial charge in [-0.15, -0.1) is 5.10 Å². The molecule has 1 rings (SSSR count). The van der Waals surface area contributed by atoms with Gasteiger partial charge in [0.2, 0.25) is 5.91 Å². The Balaban J connectivity index is 3.00. The molecule has 13 heteroatoms. The Morgan fingerprint density at radius 3 is 2.00 bits per heavy atom. The summed E-state index contributed by atoms with van der Waals surface area (Å²) in [6.07, 6.45) is 0.296. The van der Waals surface area contributed by atoms with Gasteiger partial charge in [0, 0.05) is 6.20 Å². The lowest BCUT2D eigenvalue weighted by Crippen LogP contribution is -2.49. The van der Waals surface area contributed by atoms with E-state index in [9.17, 15) is 30.3 Å². The maximum Gasteiger partial charge on any atom is 0.234 e. The maximum atomic E-state index is 11.1. The van der Waals surface area contributed by atoms with Crippen LogP contribution in [0.5, 0.6) is 0 Å². The van der Waals surface area contributed by atoms with Crippen molar-refractivity contribution in [3.8, 4) is 0 Å². The first-order chi connectivity index (χ1) is 13.8. The van der Waals surface area contributed by atoms with Gasteiger partial charge in [0.1, 0.15) is 17.7 Å². The number of aliphatic hydroxyl groups excluding tert-OH is 5. The molecular weight excluding hydrogens is 390 g/mol. The Morgan fingerprint density at radius 1 is 1.07 bits per heavy atom. The number of amides is 1. The molecule has 1 aromatic rings. The van der Waals surface area contributed by atoms with Gasteiger partial charge in [-0.05, 0) is 12.8 Å². The molecule has 1 atom stereocenters. The van der Waals surface area contributed by atoms with Gasteiger partial charge in [-0.1, -0.05) is 5.21 Å². The number of aromatic nitrogens is 3. The number of primary amides is 1. The van der Waals surface area contributed by atoms with Gasteiger partial charge in [0.05, 0.1) is 58.0 Å². The molecule has 0 bridgehead atoms. The van der Waals surface area contributed by atoms with E-state index in [1.54, 1.807) is 0 Å². The van der Waals surface area contributed by atoms with E-state index < -0.39 is 62.7 Å². The number of aryl methyl sites for hydroxylation is 1. The molecule has 1 amide bonds. The zero-order valence-electron chi connectivity index (χ0n) is 16.1. The smallest absolute Gasteiger partial charge is 0.234 e. The van der Waals surface area contributed by atoms with E-state index in [4.69, 9.17) is 20.9 Å². The fourth-order valence-corrected chi connectivity index (χ4v) is 2.30. The minimum Gasteiger partial charge on any atom is -0.394 e. The Morgan fingerprint density at radius 2 is 1.59 bits per heavy atom. The average Bonchev–Trinajstić information content (AvgIpc) is 3.21. The van der Waals surface area contributed by atoms with Crippen molar-refractivity contribution in [3.05, 3.63) is 11.9 Å². The summed E-state index contributed by atoms with van der Waals surface area (Å²) in [7, 11) is 0. The predicted octanol–water partition coefficient (Wildman–Crippen LogP) is -4.55. The molecule has 0 aromatic carbocycles. The summed E-state index contributed by atoms with van der Waals surface area (Å²) in [6, 6.07) is -0.834. The van der Waals surface area contributed by atoms with Gasteiger partial charge in [-0.3, -0.25) is 4.79 Å². The van der Waals surface area contributed by atoms with Gasteiger partial charge in [-0.2, -0.15) is 0 Å². The van der Waals surface area contributed by atoms with Gasteiger partial charge < -0.3 is 46.5 Å². The molecule has 29 heavy (non-hydrogen) atoms. The van der Waals surface area contributed by atoms with Crippen LogP contribution in [-0.4, -0.2) is 111 Å². The number of nitrogens with zero attached hydrogens (tertiary/aromatic N) is 3. The highest BCUT2D eigenvalue weighted by atomic mass is 16.5. The topological polar surface area (TPSA) is 219 Å². The van der Waals surface area contributed by atoms with E-state index in [2.05, 4.69) is 10.3 Å². The molecule has 0 radical (unpaired) electrons. The van der Waals surface area contributed by atoms with Gasteiger partial charge in [0.25, 0.3) is 0 Å². The van der Waals surface area contributed by atoms with Gasteiger partial charge in [-0.25, -0.2) is 4.68 Å². The normalized spacial score (nSPS) is 13.4. The molecule has 0 aliphatic rings. The molecule has 0 fully saturated rings. The van der Waals surface area contributed by atoms with Crippen LogP contribution in [0.3, 0.4) is 0 Å². The van der Waals surface area contributed by atoms with Crippen LogP contribution in [0.1, 0.15) is 12.1 Å². The van der Waals surface area contributed by atoms with E-state index in [-0.39, 0.29) is 19.6 Å². The number of aliphatic hydroxyl groups is 5. The molecule has 0 unspecified atom stereocenters. The molecule has 0 saturated heterocycles. The minimum atomic E-state index is -1.32. The number of nitrogens with two attached hydrogens (primary N) is 2. The summed E-state index contributed by atoms with van der Waals surface area (Å²) in [5.74, 6) is -0.637. The third kappa shape index (κ3) is 7.56. The van der Waals surface area contributed by atoms with Crippen LogP contribution in [0.15, 0.2) is 6.20 Å². The molecule has 168 valence electrons. The number of carbonyl (C=O) groups is 1. The van der Waals surface area contributed by atoms with Gasteiger partial charge >= 0.3 is 0 Å². The first-order valence-corrected chi connectivity index (χ1v) is 9.09. The number of rotatable bonds is 16. The number of ether oxygens (including phenoxy) is 2. The zero-order chi connectivity index (χ0) is 21.9. The largest absolute Gasteiger partial charge is 0.394 e. The Hall–Kier alpha value is -1.71. The lowest BCUT2D eigenvalue weighted by atomic mass is 10.0. The summed E-state index contributed by atoms with van der Waals surface area (Å²) < 4.78 is 12.2. The standard InChI is InChI=1S/C16H31N5O8/c17-14(15(18)27)2-1-11-3-21(20-19-11)16(8-26,9-28-12(4-22)5-23)10-29-13(6-24)7-25/h3,12-14,22-26H,1-2,4-10,17H2,(H2,18,27)/t14-/m1/s1. The van der Waals surface area contributed by atoms with E-state index in [1.807, 2.05) is 0 Å². The van der Waals surface area contributed by atoms with Crippen LogP contribution in [-0.2, 0) is 26.2 Å². The Kier molecular flexibility index (Phi) is 11.2. The number of carbonyl (C=O) groups excluding carboxylic acids is 1. The summed E-state index contributed by atoms with van der Waals surface area (Å²) in [5, 5.41) is 54.8. The van der Waals surface area contributed by atoms with Crippen molar-refractivity contribution in [2.75, 3.05) is 46.2 Å². The number of hydrogen-bond donors (Lipinski definition) is 7. The van der Waals surface area contributed by atoms with Crippen molar-refractivity contribution in [3.63, 3.8) is 0 Å². The van der Waals surface area contributed by atoms with Crippen LogP contribution in [0.2, 0.25) is 0 Å². The quantitative estimate of drug-likeness (QED) is 0.135. The van der Waals surface area contributed by atoms with E-state index in [1.165, 1.54) is 10.9 Å². The van der Waals surface area contributed by atoms with E-state index >= 15 is 0 Å². The average molecular weight is 421 g/mol. The highest BCUT2D eigenvalue weighted by Gasteiger charge is 2.36. The fourth-order valence-electron chi connectivity index (χ4n) is 2.30. The highest BCUT2D eigenvalue weighted by molar-refractivity contribution is 5.79. The lowest BCUT2D eigenvalue weighted by Gasteiger charge is -2.33. The van der Waals surface area contributed by atoms with E-state index in [0.717, 1.165) is 0 Å². The molecule has 9 N–H and O–H groups in total. The van der Waals surface area contributed by atoms with Crippen molar-refractivity contribution in [1.82, 2.24) is 15.0 Å². The first-order valence-electron chi connectivity index (χ1n) is 9.09. The van der Waals surface area contributed by atoms with Crippen LogP contribution in [0.4, 0.5) is 0 Å². The molecule has 0 aliphatic heterocycles. The maximum absolute atomic E-state index is 11.1. The Labute approximate surface area is 167 Å². The first kappa shape index (κ1) is 25.3. The molecule has 0 aliphatic carbocycles. The highest BCUT2D eigenvalue weighted by Crippen LogP contribution is 2.19. The summed E-state index contributed by atoms with van der Waals surface area (Å²) in [5.41, 5.74) is 9.89. The molecule has 0 spiro atoms. The second-order valence-corrected chi connectivity index (χ2v) is 6.68. The SMILES string of the molecule is NC(=O)[C@H](N)CCc1cn(C(CO)(COC(CO)CO)COC(CO)CO)nn1. The molecule has 1 heterocycles. The lowest BCUT2D eigenvalue weighted by molar-refractivity contribution is -0.119. The molecular formula is C16H31N5O8. The summed E-state index contributed by atoms with van der Waals surface area (Å²) >= 11 is 0. The van der Waals surface area contributed by atoms with Crippen LogP contribution in [0.25, 0.3) is 0 Å². The van der Waals surface area contributed by atoms with Crippen molar-refractivity contribution >= 4 is 5.91 Å². The van der Waals surface area contributed by atoms with E-state index in [0.29, 0.717) is 12.1 Å². The molecule has 1 aromatic heterocycles. The van der Waals surface area contributed by atoms with Crippen LogP contribution < -0.4 is 11.5 Å². The van der Waals surface area contributed by atoms with Crippen molar-refractivity contribution in [2.24, 2.45) is 11.5 Å². The Bertz CT molecular complexity index is 578. The third-order valence-corrected chi connectivity index (χ3v) is 4.39. The van der Waals surface area contributed by atoms with Crippen molar-refractivity contribution in [2.45, 2.75) is 36.6 Å². The molecule has 13 nitrogen and oxygen atoms in total. The summed E-state index contributed by atoms with van der Waals surface area (Å²) in [6.45, 7) is -2.73. The minimum absolute atomic E-state index is 0.220. The second kappa shape index (κ2) is 12.8. The fraction of sp³-hybridized carbons (Fsp3) is 0.812. The van der Waals surface area contributed by atoms with Crippen molar-refractivity contribution in [1.29, 1.82) is 0 Å².